The lowest BCUT2D eigenvalue weighted by Crippen LogP contribution is -1.98. The molecular weight excluding hydrogens is 212 g/mol. The fourth-order valence-electron chi connectivity index (χ4n) is 2.18. The van der Waals surface area contributed by atoms with Crippen molar-refractivity contribution >= 4 is 11.4 Å². The van der Waals surface area contributed by atoms with E-state index in [0.717, 1.165) is 34.5 Å². The normalized spacial score (nSPS) is 18.1. The van der Waals surface area contributed by atoms with Crippen molar-refractivity contribution in [3.05, 3.63) is 47.1 Å². The van der Waals surface area contributed by atoms with Gasteiger partial charge in [-0.2, -0.15) is 0 Å². The van der Waals surface area contributed by atoms with Crippen LogP contribution in [0.2, 0.25) is 0 Å². The van der Waals surface area contributed by atoms with Gasteiger partial charge in [0.25, 0.3) is 0 Å². The summed E-state index contributed by atoms with van der Waals surface area (Å²) in [6.45, 7) is 3.94. The first-order valence-corrected chi connectivity index (χ1v) is 5.71. The van der Waals surface area contributed by atoms with Gasteiger partial charge in [-0.25, -0.2) is 0 Å². The molecule has 0 saturated heterocycles. The van der Waals surface area contributed by atoms with E-state index < -0.39 is 0 Å². The van der Waals surface area contributed by atoms with Crippen LogP contribution in [0.5, 0.6) is 5.75 Å². The van der Waals surface area contributed by atoms with Crippen LogP contribution in [0.25, 0.3) is 5.57 Å². The van der Waals surface area contributed by atoms with Crippen LogP contribution in [0.3, 0.4) is 0 Å². The Labute approximate surface area is 102 Å². The molecule has 2 nitrogen and oxygen atoms in total. The van der Waals surface area contributed by atoms with E-state index in [-0.39, 0.29) is 5.78 Å². The molecule has 0 N–H and O–H groups in total. The lowest BCUT2D eigenvalue weighted by Gasteiger charge is -2.04. The van der Waals surface area contributed by atoms with Crippen molar-refractivity contribution in [2.24, 2.45) is 0 Å². The highest BCUT2D eigenvalue weighted by atomic mass is 16.5. The van der Waals surface area contributed by atoms with Crippen molar-refractivity contribution in [3.8, 4) is 5.75 Å². The van der Waals surface area contributed by atoms with Gasteiger partial charge in [0, 0.05) is 5.57 Å². The molecule has 0 radical (unpaired) electrons. The monoisotopic (exact) mass is 228 g/mol. The summed E-state index contributed by atoms with van der Waals surface area (Å²) >= 11 is 0. The van der Waals surface area contributed by atoms with Gasteiger partial charge in [0.15, 0.2) is 5.78 Å². The Balaban J connectivity index is 2.40. The molecule has 2 heteroatoms. The van der Waals surface area contributed by atoms with Crippen LogP contribution in [0.1, 0.15) is 25.8 Å². The summed E-state index contributed by atoms with van der Waals surface area (Å²) in [4.78, 5) is 12.1. The number of benzene rings is 1. The maximum absolute atomic E-state index is 12.1. The fourth-order valence-corrected chi connectivity index (χ4v) is 2.18. The molecule has 0 unspecified atom stereocenters. The molecule has 1 aromatic carbocycles. The maximum Gasteiger partial charge on any atom is 0.189 e. The zero-order chi connectivity index (χ0) is 12.4. The predicted octanol–water partition coefficient (Wildman–Crippen LogP) is 3.39. The molecule has 0 saturated carbocycles. The molecule has 88 valence electrons. The molecule has 0 spiro atoms. The van der Waals surface area contributed by atoms with Gasteiger partial charge in [0.2, 0.25) is 0 Å². The molecule has 0 aliphatic heterocycles. The van der Waals surface area contributed by atoms with Crippen molar-refractivity contribution in [2.45, 2.75) is 20.3 Å². The zero-order valence-corrected chi connectivity index (χ0v) is 10.4. The van der Waals surface area contributed by atoms with Gasteiger partial charge in [0.1, 0.15) is 5.75 Å². The minimum atomic E-state index is 0.162. The van der Waals surface area contributed by atoms with Crippen molar-refractivity contribution in [2.75, 3.05) is 7.11 Å². The van der Waals surface area contributed by atoms with E-state index >= 15 is 0 Å². The van der Waals surface area contributed by atoms with Crippen LogP contribution < -0.4 is 4.74 Å². The summed E-state index contributed by atoms with van der Waals surface area (Å²) in [5.74, 6) is 0.971. The van der Waals surface area contributed by atoms with Gasteiger partial charge in [-0.15, -0.1) is 0 Å². The average molecular weight is 228 g/mol. The Morgan fingerprint density at radius 1 is 1.24 bits per heavy atom. The third-order valence-electron chi connectivity index (χ3n) is 3.13. The predicted molar refractivity (Wildman–Crippen MR) is 69.0 cm³/mol. The molecule has 0 bridgehead atoms. The van der Waals surface area contributed by atoms with E-state index in [1.165, 1.54) is 0 Å². The lowest BCUT2D eigenvalue weighted by atomic mass is 10.0. The highest BCUT2D eigenvalue weighted by molar-refractivity contribution is 6.32. The average Bonchev–Trinajstić information content (AvgIpc) is 2.64. The van der Waals surface area contributed by atoms with Crippen LogP contribution in [0.15, 0.2) is 41.5 Å². The smallest absolute Gasteiger partial charge is 0.189 e. The van der Waals surface area contributed by atoms with Gasteiger partial charge < -0.3 is 4.74 Å². The number of methoxy groups -OCH3 is 1. The standard InChI is InChI=1S/C15H16O2/c1-4-11-9-10(2)14(15(11)16)12-5-7-13(17-3)8-6-12/h4-8H,9H2,1-3H3/b11-4+. The third-order valence-corrected chi connectivity index (χ3v) is 3.13. The van der Waals surface area contributed by atoms with E-state index in [1.54, 1.807) is 7.11 Å². The summed E-state index contributed by atoms with van der Waals surface area (Å²) in [5.41, 5.74) is 3.87. The zero-order valence-electron chi connectivity index (χ0n) is 10.4. The fraction of sp³-hybridized carbons (Fsp3) is 0.267. The number of Topliss-reactive ketones (excluding diaryl/α,β-unsaturated/α-hetero) is 1. The molecule has 0 aromatic heterocycles. The van der Waals surface area contributed by atoms with Crippen molar-refractivity contribution in [1.82, 2.24) is 0 Å². The molecule has 17 heavy (non-hydrogen) atoms. The number of rotatable bonds is 2. The number of carbonyl (C=O) groups excluding carboxylic acids is 1. The van der Waals surface area contributed by atoms with E-state index in [1.807, 2.05) is 44.2 Å². The van der Waals surface area contributed by atoms with Crippen molar-refractivity contribution in [3.63, 3.8) is 0 Å². The maximum atomic E-state index is 12.1. The molecular formula is C15H16O2. The molecule has 0 fully saturated rings. The molecule has 0 atom stereocenters. The lowest BCUT2D eigenvalue weighted by molar-refractivity contribution is -0.110. The second-order valence-electron chi connectivity index (χ2n) is 4.20. The minimum Gasteiger partial charge on any atom is -0.497 e. The Morgan fingerprint density at radius 2 is 1.88 bits per heavy atom. The third kappa shape index (κ3) is 2.03. The van der Waals surface area contributed by atoms with Gasteiger partial charge in [-0.05, 0) is 43.5 Å². The van der Waals surface area contributed by atoms with Crippen LogP contribution in [-0.2, 0) is 4.79 Å². The van der Waals surface area contributed by atoms with Gasteiger partial charge in [-0.1, -0.05) is 23.8 Å². The summed E-state index contributed by atoms with van der Waals surface area (Å²) < 4.78 is 5.12. The van der Waals surface area contributed by atoms with E-state index in [4.69, 9.17) is 4.74 Å². The molecule has 1 aliphatic carbocycles. The number of ether oxygens (including phenoxy) is 1. The quantitative estimate of drug-likeness (QED) is 0.725. The van der Waals surface area contributed by atoms with Crippen LogP contribution in [-0.4, -0.2) is 12.9 Å². The number of hydrogen-bond acceptors (Lipinski definition) is 2. The van der Waals surface area contributed by atoms with Crippen LogP contribution in [0, 0.1) is 0 Å². The van der Waals surface area contributed by atoms with E-state index in [9.17, 15) is 4.79 Å². The summed E-state index contributed by atoms with van der Waals surface area (Å²) in [6, 6.07) is 7.65. The SMILES string of the molecule is C/C=C1\CC(C)=C(c2ccc(OC)cc2)C1=O. The van der Waals surface area contributed by atoms with Gasteiger partial charge in [-0.3, -0.25) is 4.79 Å². The second-order valence-corrected chi connectivity index (χ2v) is 4.20. The van der Waals surface area contributed by atoms with Crippen molar-refractivity contribution in [1.29, 1.82) is 0 Å². The largest absolute Gasteiger partial charge is 0.497 e. The molecule has 1 aliphatic rings. The van der Waals surface area contributed by atoms with Gasteiger partial charge >= 0.3 is 0 Å². The van der Waals surface area contributed by atoms with Crippen LogP contribution in [0.4, 0.5) is 0 Å². The molecule has 0 amide bonds. The summed E-state index contributed by atoms with van der Waals surface area (Å²) in [6.07, 6.45) is 2.68. The Morgan fingerprint density at radius 3 is 2.35 bits per heavy atom. The minimum absolute atomic E-state index is 0.162. The number of ketones is 1. The van der Waals surface area contributed by atoms with Crippen LogP contribution >= 0.6 is 0 Å². The highest BCUT2D eigenvalue weighted by Crippen LogP contribution is 2.34. The first-order valence-electron chi connectivity index (χ1n) is 5.71. The van der Waals surface area contributed by atoms with E-state index in [2.05, 4.69) is 0 Å². The van der Waals surface area contributed by atoms with Crippen molar-refractivity contribution < 1.29 is 9.53 Å². The molecule has 0 heterocycles. The Bertz CT molecular complexity index is 504. The first kappa shape index (κ1) is 11.6. The summed E-state index contributed by atoms with van der Waals surface area (Å²) in [5, 5.41) is 0. The topological polar surface area (TPSA) is 26.3 Å². The summed E-state index contributed by atoms with van der Waals surface area (Å²) in [7, 11) is 1.64. The second kappa shape index (κ2) is 4.58. The highest BCUT2D eigenvalue weighted by Gasteiger charge is 2.25. The van der Waals surface area contributed by atoms with Gasteiger partial charge in [0.05, 0.1) is 7.11 Å². The number of allylic oxidation sites excluding steroid dienone is 4. The Kier molecular flexibility index (Phi) is 3.14. The molecule has 1 aromatic rings. The first-order chi connectivity index (χ1) is 8.17. The number of carbonyl (C=O) groups is 1. The Hall–Kier alpha value is -1.83. The van der Waals surface area contributed by atoms with E-state index in [0.29, 0.717) is 0 Å². The number of hydrogen-bond donors (Lipinski definition) is 0. The molecule has 2 rings (SSSR count).